The zero-order valence-electron chi connectivity index (χ0n) is 14.7. The zero-order chi connectivity index (χ0) is 20.7. The van der Waals surface area contributed by atoms with E-state index in [4.69, 9.17) is 23.2 Å². The van der Waals surface area contributed by atoms with E-state index in [2.05, 4.69) is 0 Å². The van der Waals surface area contributed by atoms with Gasteiger partial charge in [-0.1, -0.05) is 41.4 Å². The fourth-order valence-corrected chi connectivity index (χ4v) is 4.39. The van der Waals surface area contributed by atoms with Crippen molar-refractivity contribution in [2.45, 2.75) is 6.04 Å². The molecule has 29 heavy (non-hydrogen) atoms. The Labute approximate surface area is 180 Å². The van der Waals surface area contributed by atoms with Crippen LogP contribution in [0.25, 0.3) is 5.76 Å². The number of nitrogens with zero attached hydrogens (tertiary/aromatic N) is 1. The summed E-state index contributed by atoms with van der Waals surface area (Å²) >= 11 is 13.3. The van der Waals surface area contributed by atoms with Crippen molar-refractivity contribution in [1.82, 2.24) is 0 Å². The Morgan fingerprint density at radius 3 is 2.41 bits per heavy atom. The van der Waals surface area contributed by atoms with Crippen molar-refractivity contribution in [3.63, 3.8) is 0 Å². The van der Waals surface area contributed by atoms with Crippen LogP contribution >= 0.6 is 34.5 Å². The smallest absolute Gasteiger partial charge is 0.300 e. The number of amides is 1. The third-order valence-electron chi connectivity index (χ3n) is 4.59. The first-order valence-electron chi connectivity index (χ1n) is 8.48. The largest absolute Gasteiger partial charge is 0.507 e. The highest BCUT2D eigenvalue weighted by Gasteiger charge is 2.48. The summed E-state index contributed by atoms with van der Waals surface area (Å²) in [6.07, 6.45) is 0. The summed E-state index contributed by atoms with van der Waals surface area (Å²) in [7, 11) is 0. The molecule has 0 bridgehead atoms. The van der Waals surface area contributed by atoms with Gasteiger partial charge in [0.1, 0.15) is 17.6 Å². The highest BCUT2D eigenvalue weighted by Crippen LogP contribution is 2.45. The minimum atomic E-state index is -0.891. The predicted molar refractivity (Wildman–Crippen MR) is 114 cm³/mol. The van der Waals surface area contributed by atoms with Gasteiger partial charge in [-0.2, -0.15) is 0 Å². The van der Waals surface area contributed by atoms with Crippen LogP contribution in [0.5, 0.6) is 5.75 Å². The van der Waals surface area contributed by atoms with E-state index in [1.54, 1.807) is 35.7 Å². The molecule has 1 aliphatic heterocycles. The number of aliphatic hydroxyl groups excluding tert-OH is 1. The number of hydrogen-bond donors (Lipinski definition) is 2. The molecule has 1 atom stereocenters. The van der Waals surface area contributed by atoms with Gasteiger partial charge in [0.05, 0.1) is 21.3 Å². The highest BCUT2D eigenvalue weighted by atomic mass is 35.5. The topological polar surface area (TPSA) is 77.8 Å². The van der Waals surface area contributed by atoms with E-state index in [0.29, 0.717) is 9.90 Å². The number of Topliss-reactive ketones (excluding diaryl/α,β-unsaturated/α-hetero) is 1. The average Bonchev–Trinajstić information content (AvgIpc) is 3.32. The normalized spacial score (nSPS) is 18.4. The summed E-state index contributed by atoms with van der Waals surface area (Å²) in [5.74, 6) is -2.20. The second kappa shape index (κ2) is 7.55. The molecule has 3 aromatic rings. The number of para-hydroxylation sites is 2. The molecule has 1 saturated heterocycles. The molecule has 2 heterocycles. The quantitative estimate of drug-likeness (QED) is 0.322. The molecule has 1 aliphatic rings. The molecule has 0 aliphatic carbocycles. The fraction of sp³-hybridized carbons (Fsp3) is 0.0476. The number of aliphatic hydroxyl groups is 1. The first-order chi connectivity index (χ1) is 13.9. The van der Waals surface area contributed by atoms with Gasteiger partial charge in [-0.05, 0) is 41.8 Å². The van der Waals surface area contributed by atoms with Crippen LogP contribution in [-0.2, 0) is 9.59 Å². The van der Waals surface area contributed by atoms with E-state index in [9.17, 15) is 19.8 Å². The fourth-order valence-electron chi connectivity index (χ4n) is 3.26. The number of anilines is 1. The van der Waals surface area contributed by atoms with Crippen LogP contribution in [-0.4, -0.2) is 21.9 Å². The SMILES string of the molecule is O=C1C(=O)N(c2ccccc2O)C(c2cccs2)/C1=C(/O)c1ccc(Cl)c(Cl)c1. The number of benzene rings is 2. The molecular weight excluding hydrogens is 433 g/mol. The molecule has 0 saturated carbocycles. The van der Waals surface area contributed by atoms with Gasteiger partial charge in [0.2, 0.25) is 0 Å². The molecular formula is C21H13Cl2NO4S. The molecule has 1 unspecified atom stereocenters. The van der Waals surface area contributed by atoms with Crippen LogP contribution in [0.1, 0.15) is 16.5 Å². The summed E-state index contributed by atoms with van der Waals surface area (Å²) in [6.45, 7) is 0. The van der Waals surface area contributed by atoms with Gasteiger partial charge in [0.25, 0.3) is 11.7 Å². The van der Waals surface area contributed by atoms with Crippen LogP contribution in [0.2, 0.25) is 10.0 Å². The van der Waals surface area contributed by atoms with E-state index >= 15 is 0 Å². The summed E-state index contributed by atoms with van der Waals surface area (Å²) in [4.78, 5) is 27.7. The monoisotopic (exact) mass is 445 g/mol. The first-order valence-corrected chi connectivity index (χ1v) is 10.1. The molecule has 2 N–H and O–H groups in total. The Kier molecular flexibility index (Phi) is 5.08. The summed E-state index contributed by atoms with van der Waals surface area (Å²) in [5, 5.41) is 23.5. The lowest BCUT2D eigenvalue weighted by Crippen LogP contribution is -2.29. The lowest BCUT2D eigenvalue weighted by molar-refractivity contribution is -0.132. The van der Waals surface area contributed by atoms with Crippen molar-refractivity contribution in [3.8, 4) is 5.75 Å². The zero-order valence-corrected chi connectivity index (χ0v) is 17.0. The second-order valence-electron chi connectivity index (χ2n) is 6.30. The Balaban J connectivity index is 1.95. The number of aromatic hydroxyl groups is 1. The van der Waals surface area contributed by atoms with Gasteiger partial charge in [0, 0.05) is 10.4 Å². The number of thiophene rings is 1. The summed E-state index contributed by atoms with van der Waals surface area (Å²) < 4.78 is 0. The molecule has 0 spiro atoms. The summed E-state index contributed by atoms with van der Waals surface area (Å²) in [5.41, 5.74) is 0.358. The maximum atomic E-state index is 12.9. The van der Waals surface area contributed by atoms with E-state index in [-0.39, 0.29) is 33.4 Å². The molecule has 8 heteroatoms. The molecule has 5 nitrogen and oxygen atoms in total. The van der Waals surface area contributed by atoms with Gasteiger partial charge in [-0.25, -0.2) is 0 Å². The van der Waals surface area contributed by atoms with Crippen molar-refractivity contribution in [3.05, 3.63) is 86.0 Å². The molecule has 1 fully saturated rings. The average molecular weight is 446 g/mol. The lowest BCUT2D eigenvalue weighted by Gasteiger charge is -2.24. The Bertz CT molecular complexity index is 1160. The highest BCUT2D eigenvalue weighted by molar-refractivity contribution is 7.10. The number of carbonyl (C=O) groups is 2. The van der Waals surface area contributed by atoms with Crippen LogP contribution < -0.4 is 4.90 Å². The van der Waals surface area contributed by atoms with Crippen molar-refractivity contribution < 1.29 is 19.8 Å². The van der Waals surface area contributed by atoms with Crippen molar-refractivity contribution >= 4 is 57.7 Å². The number of halogens is 2. The Morgan fingerprint density at radius 1 is 1.00 bits per heavy atom. The predicted octanol–water partition coefficient (Wildman–Crippen LogP) is 5.39. The van der Waals surface area contributed by atoms with Gasteiger partial charge in [0.15, 0.2) is 0 Å². The molecule has 1 aromatic heterocycles. The maximum Gasteiger partial charge on any atom is 0.300 e. The van der Waals surface area contributed by atoms with Crippen LogP contribution in [0, 0.1) is 0 Å². The van der Waals surface area contributed by atoms with Crippen molar-refractivity contribution in [2.24, 2.45) is 0 Å². The lowest BCUT2D eigenvalue weighted by atomic mass is 9.99. The minimum Gasteiger partial charge on any atom is -0.507 e. The van der Waals surface area contributed by atoms with E-state index in [1.807, 2.05) is 0 Å². The minimum absolute atomic E-state index is 0.0842. The van der Waals surface area contributed by atoms with E-state index in [1.165, 1.54) is 40.5 Å². The number of carbonyl (C=O) groups excluding carboxylic acids is 2. The van der Waals surface area contributed by atoms with Crippen LogP contribution in [0.4, 0.5) is 5.69 Å². The van der Waals surface area contributed by atoms with Crippen LogP contribution in [0.15, 0.2) is 65.6 Å². The molecule has 2 aromatic carbocycles. The number of phenolic OH excluding ortho intramolecular Hbond substituents is 1. The van der Waals surface area contributed by atoms with E-state index < -0.39 is 17.7 Å². The number of ketones is 1. The van der Waals surface area contributed by atoms with Gasteiger partial charge in [-0.3, -0.25) is 14.5 Å². The third kappa shape index (κ3) is 3.29. The summed E-state index contributed by atoms with van der Waals surface area (Å²) in [6, 6.07) is 13.3. The molecule has 146 valence electrons. The number of phenols is 1. The first kappa shape index (κ1) is 19.5. The molecule has 4 rings (SSSR count). The maximum absolute atomic E-state index is 12.9. The molecule has 0 radical (unpaired) electrons. The van der Waals surface area contributed by atoms with Gasteiger partial charge in [-0.15, -0.1) is 11.3 Å². The number of rotatable bonds is 3. The second-order valence-corrected chi connectivity index (χ2v) is 8.10. The Morgan fingerprint density at radius 2 is 1.76 bits per heavy atom. The molecule has 1 amide bonds. The van der Waals surface area contributed by atoms with Crippen molar-refractivity contribution in [1.29, 1.82) is 0 Å². The van der Waals surface area contributed by atoms with E-state index in [0.717, 1.165) is 0 Å². The van der Waals surface area contributed by atoms with Gasteiger partial charge >= 0.3 is 0 Å². The van der Waals surface area contributed by atoms with Crippen molar-refractivity contribution in [2.75, 3.05) is 4.90 Å². The van der Waals surface area contributed by atoms with Crippen LogP contribution in [0.3, 0.4) is 0 Å². The Hall–Kier alpha value is -2.80. The number of hydrogen-bond acceptors (Lipinski definition) is 5. The standard InChI is InChI=1S/C21H13Cl2NO4S/c22-12-8-7-11(10-13(12)23)19(26)17-18(16-6-3-9-29-16)24(21(28)20(17)27)14-4-1-2-5-15(14)25/h1-10,18,25-26H/b19-17-. The van der Waals surface area contributed by atoms with Gasteiger partial charge < -0.3 is 10.2 Å². The third-order valence-corrected chi connectivity index (χ3v) is 6.26.